The molecule has 10 heteroatoms. The molecule has 146 valence electrons. The smallest absolute Gasteiger partial charge is 0.261 e. The van der Waals surface area contributed by atoms with Crippen molar-refractivity contribution in [2.24, 2.45) is 0 Å². The van der Waals surface area contributed by atoms with Gasteiger partial charge in [0.25, 0.3) is 10.0 Å². The lowest BCUT2D eigenvalue weighted by Gasteiger charge is -2.26. The van der Waals surface area contributed by atoms with Gasteiger partial charge in [0.15, 0.2) is 0 Å². The first-order valence-corrected chi connectivity index (χ1v) is 11.1. The van der Waals surface area contributed by atoms with Crippen LogP contribution in [0.2, 0.25) is 0 Å². The van der Waals surface area contributed by atoms with Crippen LogP contribution < -0.4 is 4.72 Å². The standard InChI is InChI=1S/C17H19FN2O5S2/c1-13-2-3-14(18)12-17(13)19-26(21,22)15-4-6-16(7-5-15)27(23,24)20-8-10-25-11-9-20/h2-7,12,19H,8-11H2,1H3. The van der Waals surface area contributed by atoms with Crippen molar-refractivity contribution >= 4 is 25.7 Å². The zero-order chi connectivity index (χ0) is 19.7. The highest BCUT2D eigenvalue weighted by Gasteiger charge is 2.27. The Labute approximate surface area is 157 Å². The molecule has 27 heavy (non-hydrogen) atoms. The third-order valence-electron chi connectivity index (χ3n) is 4.19. The van der Waals surface area contributed by atoms with Gasteiger partial charge in [0.2, 0.25) is 10.0 Å². The van der Waals surface area contributed by atoms with Crippen LogP contribution in [0.15, 0.2) is 52.3 Å². The Kier molecular flexibility index (Phi) is 5.52. The highest BCUT2D eigenvalue weighted by Crippen LogP contribution is 2.23. The van der Waals surface area contributed by atoms with Gasteiger partial charge in [0, 0.05) is 13.1 Å². The highest BCUT2D eigenvalue weighted by molar-refractivity contribution is 7.92. The van der Waals surface area contributed by atoms with Crippen LogP contribution in [0.5, 0.6) is 0 Å². The summed E-state index contributed by atoms with van der Waals surface area (Å²) in [7, 11) is -7.69. The Bertz CT molecular complexity index is 1030. The lowest BCUT2D eigenvalue weighted by Crippen LogP contribution is -2.40. The number of anilines is 1. The molecule has 0 radical (unpaired) electrons. The van der Waals surface area contributed by atoms with E-state index in [9.17, 15) is 21.2 Å². The van der Waals surface area contributed by atoms with E-state index in [2.05, 4.69) is 4.72 Å². The number of nitrogens with one attached hydrogen (secondary N) is 1. The summed E-state index contributed by atoms with van der Waals surface area (Å²) < 4.78 is 72.3. The van der Waals surface area contributed by atoms with Crippen LogP contribution in [-0.4, -0.2) is 47.4 Å². The number of halogens is 1. The molecule has 1 aliphatic heterocycles. The molecule has 3 rings (SSSR count). The second-order valence-corrected chi connectivity index (χ2v) is 9.67. The minimum atomic E-state index is -3.98. The molecule has 2 aromatic carbocycles. The number of rotatable bonds is 5. The van der Waals surface area contributed by atoms with E-state index >= 15 is 0 Å². The molecule has 1 N–H and O–H groups in total. The van der Waals surface area contributed by atoms with Crippen LogP contribution in [0.4, 0.5) is 10.1 Å². The average Bonchev–Trinajstić information content (AvgIpc) is 2.65. The van der Waals surface area contributed by atoms with Crippen LogP contribution in [-0.2, 0) is 24.8 Å². The number of aryl methyl sites for hydroxylation is 1. The molecule has 7 nitrogen and oxygen atoms in total. The van der Waals surface area contributed by atoms with Crippen LogP contribution in [0.3, 0.4) is 0 Å². The second kappa shape index (κ2) is 7.55. The van der Waals surface area contributed by atoms with Gasteiger partial charge in [-0.05, 0) is 48.9 Å². The maximum Gasteiger partial charge on any atom is 0.261 e. The van der Waals surface area contributed by atoms with Crippen LogP contribution in [0.25, 0.3) is 0 Å². The Morgan fingerprint density at radius 1 is 0.963 bits per heavy atom. The maximum absolute atomic E-state index is 13.4. The molecule has 1 fully saturated rings. The van der Waals surface area contributed by atoms with Crippen molar-refractivity contribution in [3.8, 4) is 0 Å². The van der Waals surface area contributed by atoms with Gasteiger partial charge in [0.05, 0.1) is 28.7 Å². The number of morpholine rings is 1. The first-order valence-electron chi connectivity index (χ1n) is 8.17. The number of nitrogens with zero attached hydrogens (tertiary/aromatic N) is 1. The summed E-state index contributed by atoms with van der Waals surface area (Å²) in [5.41, 5.74) is 0.687. The maximum atomic E-state index is 13.4. The van der Waals surface area contributed by atoms with Crippen molar-refractivity contribution in [2.45, 2.75) is 16.7 Å². The van der Waals surface area contributed by atoms with Crippen molar-refractivity contribution < 1.29 is 26.0 Å². The average molecular weight is 414 g/mol. The molecule has 0 amide bonds. The first kappa shape index (κ1) is 19.7. The van der Waals surface area contributed by atoms with E-state index in [4.69, 9.17) is 4.74 Å². The zero-order valence-electron chi connectivity index (χ0n) is 14.6. The molecule has 0 saturated carbocycles. The fourth-order valence-electron chi connectivity index (χ4n) is 2.63. The Balaban J connectivity index is 1.84. The van der Waals surface area contributed by atoms with Crippen LogP contribution in [0, 0.1) is 12.7 Å². The Morgan fingerprint density at radius 3 is 2.19 bits per heavy atom. The molecule has 0 unspecified atom stereocenters. The summed E-state index contributed by atoms with van der Waals surface area (Å²) in [6.45, 7) is 2.80. The van der Waals surface area contributed by atoms with E-state index in [1.165, 1.54) is 40.7 Å². The number of ether oxygens (including phenoxy) is 1. The molecule has 1 aliphatic rings. The van der Waals surface area contributed by atoms with Crippen LogP contribution >= 0.6 is 0 Å². The molecular weight excluding hydrogens is 395 g/mol. The van der Waals surface area contributed by atoms with E-state index in [1.807, 2.05) is 0 Å². The van der Waals surface area contributed by atoms with Gasteiger partial charge in [-0.25, -0.2) is 21.2 Å². The summed E-state index contributed by atoms with van der Waals surface area (Å²) in [4.78, 5) is -0.114. The summed E-state index contributed by atoms with van der Waals surface area (Å²) in [6.07, 6.45) is 0. The molecule has 0 aliphatic carbocycles. The van der Waals surface area contributed by atoms with Crippen molar-refractivity contribution in [1.29, 1.82) is 0 Å². The first-order chi connectivity index (χ1) is 12.7. The minimum Gasteiger partial charge on any atom is -0.379 e. The van der Waals surface area contributed by atoms with E-state index in [0.29, 0.717) is 18.8 Å². The third kappa shape index (κ3) is 4.29. The predicted molar refractivity (Wildman–Crippen MR) is 98.0 cm³/mol. The zero-order valence-corrected chi connectivity index (χ0v) is 16.2. The Hall–Kier alpha value is -2.01. The SMILES string of the molecule is Cc1ccc(F)cc1NS(=O)(=O)c1ccc(S(=O)(=O)N2CCOCC2)cc1. The summed E-state index contributed by atoms with van der Waals surface area (Å²) in [5.74, 6) is -0.565. The van der Waals surface area contributed by atoms with Crippen molar-refractivity contribution in [2.75, 3.05) is 31.0 Å². The fraction of sp³-hybridized carbons (Fsp3) is 0.294. The monoisotopic (exact) mass is 414 g/mol. The topological polar surface area (TPSA) is 92.8 Å². The van der Waals surface area contributed by atoms with Crippen LogP contribution in [0.1, 0.15) is 5.56 Å². The second-order valence-electron chi connectivity index (χ2n) is 6.05. The number of hydrogen-bond acceptors (Lipinski definition) is 5. The minimum absolute atomic E-state index is 0.00489. The Morgan fingerprint density at radius 2 is 1.56 bits per heavy atom. The van der Waals surface area contributed by atoms with Gasteiger partial charge in [-0.3, -0.25) is 4.72 Å². The van der Waals surface area contributed by atoms with Crippen molar-refractivity contribution in [3.63, 3.8) is 0 Å². The molecule has 1 saturated heterocycles. The van der Waals surface area contributed by atoms with Gasteiger partial charge in [-0.2, -0.15) is 4.31 Å². The summed E-state index contributed by atoms with van der Waals surface area (Å²) in [5, 5.41) is 0. The van der Waals surface area contributed by atoms with E-state index in [-0.39, 0.29) is 28.6 Å². The van der Waals surface area contributed by atoms with Gasteiger partial charge in [-0.15, -0.1) is 0 Å². The number of hydrogen-bond donors (Lipinski definition) is 1. The number of benzene rings is 2. The molecular formula is C17H19FN2O5S2. The summed E-state index contributed by atoms with van der Waals surface area (Å²) in [6, 6.07) is 8.71. The predicted octanol–water partition coefficient (Wildman–Crippen LogP) is 1.96. The van der Waals surface area contributed by atoms with Crippen molar-refractivity contribution in [1.82, 2.24) is 4.31 Å². The molecule has 0 spiro atoms. The third-order valence-corrected chi connectivity index (χ3v) is 7.48. The van der Waals surface area contributed by atoms with Crippen molar-refractivity contribution in [3.05, 3.63) is 53.8 Å². The van der Waals surface area contributed by atoms with Gasteiger partial charge in [0.1, 0.15) is 5.82 Å². The van der Waals surface area contributed by atoms with E-state index < -0.39 is 25.9 Å². The quantitative estimate of drug-likeness (QED) is 0.807. The molecule has 0 aromatic heterocycles. The lowest BCUT2D eigenvalue weighted by molar-refractivity contribution is 0.0730. The normalized spacial score (nSPS) is 16.2. The van der Waals surface area contributed by atoms with Gasteiger partial charge >= 0.3 is 0 Å². The number of sulfonamides is 2. The molecule has 1 heterocycles. The molecule has 2 aromatic rings. The van der Waals surface area contributed by atoms with E-state index in [0.717, 1.165) is 6.07 Å². The van der Waals surface area contributed by atoms with E-state index in [1.54, 1.807) is 6.92 Å². The largest absolute Gasteiger partial charge is 0.379 e. The fourth-order valence-corrected chi connectivity index (χ4v) is 5.16. The van der Waals surface area contributed by atoms with Gasteiger partial charge < -0.3 is 4.74 Å². The highest BCUT2D eigenvalue weighted by atomic mass is 32.2. The molecule has 0 atom stereocenters. The lowest BCUT2D eigenvalue weighted by atomic mass is 10.2. The van der Waals surface area contributed by atoms with Gasteiger partial charge in [-0.1, -0.05) is 6.07 Å². The molecule has 0 bridgehead atoms. The summed E-state index contributed by atoms with van der Waals surface area (Å²) >= 11 is 0.